The second kappa shape index (κ2) is 6.84. The quantitative estimate of drug-likeness (QED) is 0.869. The SMILES string of the molecule is CC(N)C(C)C(=O)N1CCN(S(=O)(=O)c2ccc(Cl)s2)CC1. The maximum atomic E-state index is 12.5. The Hall–Kier alpha value is -0.670. The molecule has 124 valence electrons. The molecule has 2 rings (SSSR count). The van der Waals surface area contributed by atoms with Gasteiger partial charge in [-0.2, -0.15) is 4.31 Å². The van der Waals surface area contributed by atoms with Crippen LogP contribution in [0.5, 0.6) is 0 Å². The summed E-state index contributed by atoms with van der Waals surface area (Å²) in [7, 11) is -3.52. The van der Waals surface area contributed by atoms with Crippen molar-refractivity contribution in [2.75, 3.05) is 26.2 Å². The van der Waals surface area contributed by atoms with E-state index >= 15 is 0 Å². The number of amides is 1. The largest absolute Gasteiger partial charge is 0.340 e. The van der Waals surface area contributed by atoms with Crippen LogP contribution in [-0.2, 0) is 14.8 Å². The van der Waals surface area contributed by atoms with Crippen LogP contribution < -0.4 is 5.73 Å². The Bertz CT molecular complexity index is 637. The predicted octanol–water partition coefficient (Wildman–Crippen LogP) is 1.22. The first-order valence-electron chi connectivity index (χ1n) is 7.03. The minimum absolute atomic E-state index is 0.0220. The molecule has 9 heteroatoms. The van der Waals surface area contributed by atoms with Gasteiger partial charge in [-0.25, -0.2) is 8.42 Å². The molecule has 0 saturated carbocycles. The Labute approximate surface area is 139 Å². The smallest absolute Gasteiger partial charge is 0.252 e. The van der Waals surface area contributed by atoms with Gasteiger partial charge in [-0.05, 0) is 19.1 Å². The molecule has 0 radical (unpaired) electrons. The van der Waals surface area contributed by atoms with Crippen molar-refractivity contribution in [2.24, 2.45) is 11.7 Å². The molecule has 1 saturated heterocycles. The number of nitrogens with zero attached hydrogens (tertiary/aromatic N) is 2. The number of thiophene rings is 1. The maximum Gasteiger partial charge on any atom is 0.252 e. The van der Waals surface area contributed by atoms with Gasteiger partial charge in [0.25, 0.3) is 10.0 Å². The minimum atomic E-state index is -3.52. The summed E-state index contributed by atoms with van der Waals surface area (Å²) in [5, 5.41) is 0. The molecular weight excluding hydrogens is 346 g/mol. The Morgan fingerprint density at radius 2 is 1.86 bits per heavy atom. The van der Waals surface area contributed by atoms with E-state index in [1.165, 1.54) is 10.4 Å². The average Bonchev–Trinajstić information content (AvgIpc) is 2.93. The summed E-state index contributed by atoms with van der Waals surface area (Å²) in [4.78, 5) is 13.9. The summed E-state index contributed by atoms with van der Waals surface area (Å²) < 4.78 is 27.0. The third-order valence-corrected chi connectivity index (χ3v) is 7.47. The molecule has 1 aromatic heterocycles. The van der Waals surface area contributed by atoms with Crippen LogP contribution in [0.2, 0.25) is 4.34 Å². The second-order valence-corrected chi connectivity index (χ2v) is 9.32. The first kappa shape index (κ1) is 17.7. The summed E-state index contributed by atoms with van der Waals surface area (Å²) >= 11 is 6.85. The highest BCUT2D eigenvalue weighted by Crippen LogP contribution is 2.28. The highest BCUT2D eigenvalue weighted by molar-refractivity contribution is 7.91. The van der Waals surface area contributed by atoms with Crippen LogP contribution in [0, 0.1) is 5.92 Å². The van der Waals surface area contributed by atoms with Gasteiger partial charge in [0.1, 0.15) is 4.21 Å². The molecule has 0 aromatic carbocycles. The van der Waals surface area contributed by atoms with Gasteiger partial charge in [0.05, 0.1) is 10.3 Å². The van der Waals surface area contributed by atoms with Crippen LogP contribution >= 0.6 is 22.9 Å². The summed E-state index contributed by atoms with van der Waals surface area (Å²) in [6.45, 7) is 4.93. The van der Waals surface area contributed by atoms with Gasteiger partial charge in [0.15, 0.2) is 0 Å². The fourth-order valence-corrected chi connectivity index (χ4v) is 5.28. The molecule has 1 amide bonds. The van der Waals surface area contributed by atoms with Gasteiger partial charge in [0.2, 0.25) is 5.91 Å². The molecule has 1 aliphatic rings. The van der Waals surface area contributed by atoms with Crippen molar-refractivity contribution in [3.63, 3.8) is 0 Å². The normalized spacial score (nSPS) is 19.9. The van der Waals surface area contributed by atoms with Crippen LogP contribution in [0.15, 0.2) is 16.3 Å². The highest BCUT2D eigenvalue weighted by atomic mass is 35.5. The molecule has 0 spiro atoms. The van der Waals surface area contributed by atoms with Crippen molar-refractivity contribution in [1.29, 1.82) is 0 Å². The van der Waals surface area contributed by atoms with Crippen LogP contribution in [0.25, 0.3) is 0 Å². The number of piperazine rings is 1. The molecule has 1 aromatic rings. The van der Waals surface area contributed by atoms with Gasteiger partial charge in [-0.3, -0.25) is 4.79 Å². The molecule has 2 atom stereocenters. The van der Waals surface area contributed by atoms with E-state index in [1.54, 1.807) is 24.8 Å². The number of nitrogens with two attached hydrogens (primary N) is 1. The standard InChI is InChI=1S/C13H20ClN3O3S2/c1-9(10(2)15)13(18)16-5-7-17(8-6-16)22(19,20)12-4-3-11(14)21-12/h3-4,9-10H,5-8,15H2,1-2H3. The lowest BCUT2D eigenvalue weighted by Crippen LogP contribution is -2.53. The molecule has 1 aliphatic heterocycles. The van der Waals surface area contributed by atoms with E-state index in [0.717, 1.165) is 11.3 Å². The lowest BCUT2D eigenvalue weighted by molar-refractivity contribution is -0.136. The number of halogens is 1. The number of carbonyl (C=O) groups is 1. The Kier molecular flexibility index (Phi) is 5.50. The maximum absolute atomic E-state index is 12.5. The molecule has 0 bridgehead atoms. The molecule has 1 fully saturated rings. The van der Waals surface area contributed by atoms with Gasteiger partial charge in [-0.1, -0.05) is 18.5 Å². The van der Waals surface area contributed by atoms with Gasteiger partial charge in [0, 0.05) is 32.2 Å². The first-order chi connectivity index (χ1) is 10.2. The van der Waals surface area contributed by atoms with Crippen molar-refractivity contribution in [3.8, 4) is 0 Å². The van der Waals surface area contributed by atoms with Crippen LogP contribution in [0.3, 0.4) is 0 Å². The second-order valence-electron chi connectivity index (χ2n) is 5.44. The summed E-state index contributed by atoms with van der Waals surface area (Å²) in [6, 6.07) is 2.86. The number of hydrogen-bond donors (Lipinski definition) is 1. The minimum Gasteiger partial charge on any atom is -0.340 e. The molecule has 2 N–H and O–H groups in total. The molecule has 0 aliphatic carbocycles. The molecule has 2 heterocycles. The topological polar surface area (TPSA) is 83.7 Å². The monoisotopic (exact) mass is 365 g/mol. The zero-order valence-electron chi connectivity index (χ0n) is 12.5. The fourth-order valence-electron chi connectivity index (χ4n) is 2.23. The fraction of sp³-hybridized carbons (Fsp3) is 0.615. The van der Waals surface area contributed by atoms with E-state index in [9.17, 15) is 13.2 Å². The predicted molar refractivity (Wildman–Crippen MR) is 87.5 cm³/mol. The number of hydrogen-bond acceptors (Lipinski definition) is 5. The van der Waals surface area contributed by atoms with E-state index in [4.69, 9.17) is 17.3 Å². The van der Waals surface area contributed by atoms with E-state index in [0.29, 0.717) is 17.4 Å². The van der Waals surface area contributed by atoms with Gasteiger partial charge >= 0.3 is 0 Å². The molecule has 22 heavy (non-hydrogen) atoms. The van der Waals surface area contributed by atoms with Crippen LogP contribution in [0.4, 0.5) is 0 Å². The van der Waals surface area contributed by atoms with Crippen molar-refractivity contribution < 1.29 is 13.2 Å². The Morgan fingerprint density at radius 3 is 2.32 bits per heavy atom. The summed E-state index contributed by atoms with van der Waals surface area (Å²) in [5.74, 6) is -0.287. The molecular formula is C13H20ClN3O3S2. The van der Waals surface area contributed by atoms with Crippen LogP contribution in [-0.4, -0.2) is 55.8 Å². The summed E-state index contributed by atoms with van der Waals surface area (Å²) in [6.07, 6.45) is 0. The zero-order chi connectivity index (χ0) is 16.5. The lowest BCUT2D eigenvalue weighted by atomic mass is 10.0. The van der Waals surface area contributed by atoms with Crippen molar-refractivity contribution in [3.05, 3.63) is 16.5 Å². The number of sulfonamides is 1. The van der Waals surface area contributed by atoms with Crippen LogP contribution in [0.1, 0.15) is 13.8 Å². The lowest BCUT2D eigenvalue weighted by Gasteiger charge is -2.35. The van der Waals surface area contributed by atoms with E-state index in [1.807, 2.05) is 0 Å². The Morgan fingerprint density at radius 1 is 1.27 bits per heavy atom. The average molecular weight is 366 g/mol. The molecule has 2 unspecified atom stereocenters. The van der Waals surface area contributed by atoms with Gasteiger partial charge in [-0.15, -0.1) is 11.3 Å². The zero-order valence-corrected chi connectivity index (χ0v) is 14.9. The third kappa shape index (κ3) is 3.62. The number of rotatable bonds is 4. The first-order valence-corrected chi connectivity index (χ1v) is 9.67. The van der Waals surface area contributed by atoms with E-state index in [-0.39, 0.29) is 35.2 Å². The summed E-state index contributed by atoms with van der Waals surface area (Å²) in [5.41, 5.74) is 5.75. The van der Waals surface area contributed by atoms with Crippen molar-refractivity contribution >= 4 is 38.9 Å². The number of carbonyl (C=O) groups excluding carboxylic acids is 1. The van der Waals surface area contributed by atoms with Crippen molar-refractivity contribution in [2.45, 2.75) is 24.1 Å². The van der Waals surface area contributed by atoms with Gasteiger partial charge < -0.3 is 10.6 Å². The highest BCUT2D eigenvalue weighted by Gasteiger charge is 2.32. The van der Waals surface area contributed by atoms with E-state index in [2.05, 4.69) is 0 Å². The Balaban J connectivity index is 2.02. The van der Waals surface area contributed by atoms with E-state index < -0.39 is 10.0 Å². The van der Waals surface area contributed by atoms with Crippen molar-refractivity contribution in [1.82, 2.24) is 9.21 Å². The molecule has 6 nitrogen and oxygen atoms in total. The third-order valence-electron chi connectivity index (χ3n) is 3.87.